The predicted molar refractivity (Wildman–Crippen MR) is 131 cm³/mol. The second-order valence-electron chi connectivity index (χ2n) is 8.48. The Kier molecular flexibility index (Phi) is 8.09. The minimum atomic E-state index is -0.555. The molecular weight excluding hydrogens is 415 g/mol. The molecule has 4 nitrogen and oxygen atoms in total. The number of pyridine rings is 1. The van der Waals surface area contributed by atoms with Crippen LogP contribution in [0.5, 0.6) is 5.75 Å². The molecule has 0 saturated heterocycles. The molecule has 33 heavy (non-hydrogen) atoms. The van der Waals surface area contributed by atoms with E-state index >= 15 is 0 Å². The maximum absolute atomic E-state index is 14.4. The molecule has 0 amide bonds. The van der Waals surface area contributed by atoms with Gasteiger partial charge in [0, 0.05) is 12.2 Å². The Balaban J connectivity index is 1.20. The second-order valence-corrected chi connectivity index (χ2v) is 8.48. The number of hydrogen-bond donors (Lipinski definition) is 2. The topological polar surface area (TPSA) is 54.4 Å². The molecule has 1 aliphatic rings. The van der Waals surface area contributed by atoms with Crippen molar-refractivity contribution in [2.75, 3.05) is 11.9 Å². The Labute approximate surface area is 195 Å². The Hall–Kier alpha value is -3.18. The van der Waals surface area contributed by atoms with Crippen LogP contribution in [0.4, 0.5) is 10.2 Å². The third kappa shape index (κ3) is 6.90. The van der Waals surface area contributed by atoms with E-state index in [2.05, 4.69) is 17.4 Å². The number of aromatic nitrogens is 1. The molecule has 5 heteroatoms. The predicted octanol–water partition coefficient (Wildman–Crippen LogP) is 5.94. The number of halogens is 1. The lowest BCUT2D eigenvalue weighted by Crippen LogP contribution is -2.14. The van der Waals surface area contributed by atoms with Crippen LogP contribution in [0.2, 0.25) is 0 Å². The van der Waals surface area contributed by atoms with Crippen LogP contribution >= 0.6 is 0 Å². The fourth-order valence-electron chi connectivity index (χ4n) is 3.96. The number of benzene rings is 2. The largest absolute Gasteiger partial charge is 0.486 e. The SMILES string of the molecule is O[C@@H](/C=C/c1ccc(OCc2ccccc2)c(F)c1)CCCCc1ccc2c(n1)NCCC2. The fourth-order valence-corrected chi connectivity index (χ4v) is 3.96. The van der Waals surface area contributed by atoms with E-state index in [4.69, 9.17) is 9.72 Å². The summed E-state index contributed by atoms with van der Waals surface area (Å²) >= 11 is 0. The lowest BCUT2D eigenvalue weighted by Gasteiger charge is -2.17. The number of ether oxygens (including phenoxy) is 1. The van der Waals surface area contributed by atoms with Crippen molar-refractivity contribution in [3.63, 3.8) is 0 Å². The number of rotatable bonds is 10. The summed E-state index contributed by atoms with van der Waals surface area (Å²) in [5.41, 5.74) is 4.09. The molecule has 0 spiro atoms. The number of fused-ring (bicyclic) bond motifs is 1. The van der Waals surface area contributed by atoms with Crippen molar-refractivity contribution in [1.29, 1.82) is 0 Å². The van der Waals surface area contributed by atoms with Crippen molar-refractivity contribution >= 4 is 11.9 Å². The van der Waals surface area contributed by atoms with Crippen LogP contribution in [0.15, 0.2) is 66.7 Å². The molecule has 2 aromatic carbocycles. The highest BCUT2D eigenvalue weighted by molar-refractivity contribution is 5.51. The summed E-state index contributed by atoms with van der Waals surface area (Å²) in [6, 6.07) is 18.8. The highest BCUT2D eigenvalue weighted by atomic mass is 19.1. The summed E-state index contributed by atoms with van der Waals surface area (Å²) in [6.45, 7) is 1.32. The third-order valence-corrected chi connectivity index (χ3v) is 5.84. The van der Waals surface area contributed by atoms with E-state index in [0.717, 1.165) is 55.7 Å². The van der Waals surface area contributed by atoms with Crippen LogP contribution in [0.1, 0.15) is 48.1 Å². The van der Waals surface area contributed by atoms with Crippen molar-refractivity contribution in [3.8, 4) is 5.75 Å². The molecule has 3 aromatic rings. The molecule has 0 bridgehead atoms. The number of hydrogen-bond acceptors (Lipinski definition) is 4. The minimum absolute atomic E-state index is 0.225. The number of aliphatic hydroxyl groups excluding tert-OH is 1. The molecule has 1 aromatic heterocycles. The molecule has 0 unspecified atom stereocenters. The lowest BCUT2D eigenvalue weighted by atomic mass is 10.0. The van der Waals surface area contributed by atoms with Gasteiger partial charge in [0.15, 0.2) is 11.6 Å². The van der Waals surface area contributed by atoms with E-state index in [9.17, 15) is 9.50 Å². The van der Waals surface area contributed by atoms with Crippen LogP contribution in [0.25, 0.3) is 6.08 Å². The summed E-state index contributed by atoms with van der Waals surface area (Å²) in [6.07, 6.45) is 8.63. The van der Waals surface area contributed by atoms with E-state index in [0.29, 0.717) is 18.6 Å². The summed E-state index contributed by atoms with van der Waals surface area (Å²) < 4.78 is 19.9. The maximum atomic E-state index is 14.4. The Morgan fingerprint density at radius 2 is 1.97 bits per heavy atom. The number of aliphatic hydroxyl groups is 1. The molecular formula is C28H31FN2O2. The summed E-state index contributed by atoms with van der Waals surface area (Å²) in [4.78, 5) is 4.72. The monoisotopic (exact) mass is 446 g/mol. The van der Waals surface area contributed by atoms with Crippen LogP contribution < -0.4 is 10.1 Å². The third-order valence-electron chi connectivity index (χ3n) is 5.84. The van der Waals surface area contributed by atoms with Crippen molar-refractivity contribution in [1.82, 2.24) is 4.98 Å². The number of nitrogens with zero attached hydrogens (tertiary/aromatic N) is 1. The molecule has 0 aliphatic carbocycles. The van der Waals surface area contributed by atoms with Gasteiger partial charge in [-0.3, -0.25) is 0 Å². The molecule has 1 atom stereocenters. The summed E-state index contributed by atoms with van der Waals surface area (Å²) in [5.74, 6) is 0.850. The van der Waals surface area contributed by atoms with Crippen molar-refractivity contribution in [3.05, 3.63) is 94.9 Å². The summed E-state index contributed by atoms with van der Waals surface area (Å²) in [5, 5.41) is 13.6. The molecule has 2 N–H and O–H groups in total. The van der Waals surface area contributed by atoms with Crippen molar-refractivity contribution < 1.29 is 14.2 Å². The maximum Gasteiger partial charge on any atom is 0.165 e. The fraction of sp³-hybridized carbons (Fsp3) is 0.321. The van der Waals surface area contributed by atoms with E-state index in [1.54, 1.807) is 24.3 Å². The van der Waals surface area contributed by atoms with Gasteiger partial charge in [-0.15, -0.1) is 0 Å². The van der Waals surface area contributed by atoms with Crippen LogP contribution in [-0.2, 0) is 19.4 Å². The first-order valence-corrected chi connectivity index (χ1v) is 11.7. The van der Waals surface area contributed by atoms with Crippen molar-refractivity contribution in [2.45, 2.75) is 51.2 Å². The molecule has 172 valence electrons. The van der Waals surface area contributed by atoms with Gasteiger partial charge in [-0.1, -0.05) is 61.0 Å². The van der Waals surface area contributed by atoms with Gasteiger partial charge in [0.1, 0.15) is 12.4 Å². The quantitative estimate of drug-likeness (QED) is 0.378. The molecule has 2 heterocycles. The van der Waals surface area contributed by atoms with Gasteiger partial charge in [-0.2, -0.15) is 0 Å². The average Bonchev–Trinajstić information content (AvgIpc) is 2.85. The van der Waals surface area contributed by atoms with E-state index in [1.165, 1.54) is 11.6 Å². The highest BCUT2D eigenvalue weighted by Crippen LogP contribution is 2.22. The van der Waals surface area contributed by atoms with Gasteiger partial charge in [0.05, 0.1) is 6.10 Å². The molecule has 1 aliphatic heterocycles. The number of aryl methyl sites for hydroxylation is 2. The normalized spacial score (nSPS) is 14.0. The van der Waals surface area contributed by atoms with E-state index < -0.39 is 11.9 Å². The Morgan fingerprint density at radius 1 is 1.09 bits per heavy atom. The Bertz CT molecular complexity index is 1070. The minimum Gasteiger partial charge on any atom is -0.486 e. The van der Waals surface area contributed by atoms with Crippen LogP contribution in [0.3, 0.4) is 0 Å². The van der Waals surface area contributed by atoms with Gasteiger partial charge >= 0.3 is 0 Å². The first kappa shape index (κ1) is 23.0. The van der Waals surface area contributed by atoms with Gasteiger partial charge in [0.2, 0.25) is 0 Å². The first-order valence-electron chi connectivity index (χ1n) is 11.7. The number of anilines is 1. The Morgan fingerprint density at radius 3 is 2.82 bits per heavy atom. The lowest BCUT2D eigenvalue weighted by molar-refractivity contribution is 0.209. The standard InChI is InChI=1S/C28H31FN2O2/c29-26-19-21(13-17-27(26)33-20-22-7-2-1-3-8-22)12-16-25(32)11-5-4-10-24-15-14-23-9-6-18-30-28(23)31-24/h1-3,7-8,12-17,19,25,32H,4-6,9-11,18,20H2,(H,30,31)/b16-12+/t25-/m1/s1. The van der Waals surface area contributed by atoms with E-state index in [-0.39, 0.29) is 5.75 Å². The molecule has 0 fully saturated rings. The smallest absolute Gasteiger partial charge is 0.165 e. The van der Waals surface area contributed by atoms with E-state index in [1.807, 2.05) is 30.3 Å². The van der Waals surface area contributed by atoms with Gasteiger partial charge in [0.25, 0.3) is 0 Å². The average molecular weight is 447 g/mol. The van der Waals surface area contributed by atoms with Crippen molar-refractivity contribution in [2.24, 2.45) is 0 Å². The van der Waals surface area contributed by atoms with Gasteiger partial charge in [-0.25, -0.2) is 9.37 Å². The second kappa shape index (κ2) is 11.6. The van der Waals surface area contributed by atoms with Gasteiger partial charge in [-0.05, 0) is 67.0 Å². The molecule has 4 rings (SSSR count). The van der Waals surface area contributed by atoms with Crippen LogP contribution in [0, 0.1) is 5.82 Å². The number of unbranched alkanes of at least 4 members (excludes halogenated alkanes) is 1. The van der Waals surface area contributed by atoms with Crippen LogP contribution in [-0.4, -0.2) is 22.7 Å². The molecule has 0 saturated carbocycles. The molecule has 0 radical (unpaired) electrons. The summed E-state index contributed by atoms with van der Waals surface area (Å²) in [7, 11) is 0. The highest BCUT2D eigenvalue weighted by Gasteiger charge is 2.10. The zero-order chi connectivity index (χ0) is 22.9. The first-order chi connectivity index (χ1) is 16.2. The number of nitrogens with one attached hydrogen (secondary N) is 1. The zero-order valence-electron chi connectivity index (χ0n) is 18.8. The zero-order valence-corrected chi connectivity index (χ0v) is 18.8. The van der Waals surface area contributed by atoms with Gasteiger partial charge < -0.3 is 15.2 Å².